The van der Waals surface area contributed by atoms with Gasteiger partial charge in [0.2, 0.25) is 10.0 Å². The number of hydrogen-bond donors (Lipinski definition) is 0. The van der Waals surface area contributed by atoms with Crippen LogP contribution in [-0.2, 0) is 14.8 Å². The number of ether oxygens (including phenoxy) is 1. The molecule has 9 heteroatoms. The summed E-state index contributed by atoms with van der Waals surface area (Å²) < 4.78 is 33.0. The van der Waals surface area contributed by atoms with Gasteiger partial charge < -0.3 is 4.74 Å². The minimum absolute atomic E-state index is 0.0105. The molecular weight excluding hydrogens is 468 g/mol. The number of sulfonamides is 1. The van der Waals surface area contributed by atoms with Gasteiger partial charge in [-0.2, -0.15) is 9.57 Å². The van der Waals surface area contributed by atoms with Crippen LogP contribution in [0.3, 0.4) is 0 Å². The highest BCUT2D eigenvalue weighted by molar-refractivity contribution is 9.10. The van der Waals surface area contributed by atoms with Crippen LogP contribution in [0.2, 0.25) is 5.02 Å². The maximum Gasteiger partial charge on any atom is 0.314 e. The lowest BCUT2D eigenvalue weighted by Gasteiger charge is -2.30. The highest BCUT2D eigenvalue weighted by atomic mass is 79.9. The molecule has 0 unspecified atom stereocenters. The average molecular weight is 484 g/mol. The van der Waals surface area contributed by atoms with Crippen molar-refractivity contribution in [3.05, 3.63) is 57.5 Å². The van der Waals surface area contributed by atoms with E-state index in [1.807, 2.05) is 6.07 Å². The molecule has 0 N–H and O–H groups in total. The van der Waals surface area contributed by atoms with Crippen LogP contribution in [0.1, 0.15) is 18.4 Å². The zero-order valence-electron chi connectivity index (χ0n) is 14.6. The fourth-order valence-corrected chi connectivity index (χ4v) is 5.38. The third-order valence-electron chi connectivity index (χ3n) is 4.52. The quantitative estimate of drug-likeness (QED) is 0.485. The van der Waals surface area contributed by atoms with Crippen LogP contribution in [0, 0.1) is 17.2 Å². The molecule has 6 nitrogen and oxygen atoms in total. The molecule has 0 bridgehead atoms. The van der Waals surface area contributed by atoms with Crippen LogP contribution >= 0.6 is 27.5 Å². The Morgan fingerprint density at radius 2 is 1.89 bits per heavy atom. The minimum Gasteiger partial charge on any atom is -0.425 e. The summed E-state index contributed by atoms with van der Waals surface area (Å²) in [4.78, 5) is 12.4. The van der Waals surface area contributed by atoms with Crippen molar-refractivity contribution in [2.75, 3.05) is 13.1 Å². The molecule has 0 spiro atoms. The van der Waals surface area contributed by atoms with E-state index in [9.17, 15) is 13.2 Å². The number of nitriles is 1. The highest BCUT2D eigenvalue weighted by Gasteiger charge is 2.34. The van der Waals surface area contributed by atoms with Crippen molar-refractivity contribution >= 4 is 43.5 Å². The van der Waals surface area contributed by atoms with E-state index in [1.54, 1.807) is 30.3 Å². The fourth-order valence-electron chi connectivity index (χ4n) is 3.00. The van der Waals surface area contributed by atoms with Crippen LogP contribution in [0.5, 0.6) is 5.75 Å². The van der Waals surface area contributed by atoms with Crippen LogP contribution < -0.4 is 4.74 Å². The molecule has 0 aromatic heterocycles. The van der Waals surface area contributed by atoms with Crippen molar-refractivity contribution in [1.82, 2.24) is 4.31 Å². The summed E-state index contributed by atoms with van der Waals surface area (Å²) in [5.74, 6) is -0.440. The fraction of sp³-hybridized carbons (Fsp3) is 0.263. The normalized spacial score (nSPS) is 15.8. The van der Waals surface area contributed by atoms with Crippen LogP contribution in [-0.4, -0.2) is 31.8 Å². The van der Waals surface area contributed by atoms with E-state index in [2.05, 4.69) is 15.9 Å². The molecule has 3 rings (SSSR count). The summed E-state index contributed by atoms with van der Waals surface area (Å²) in [5.41, 5.74) is 0.108. The summed E-state index contributed by atoms with van der Waals surface area (Å²) in [7, 11) is -3.79. The Balaban J connectivity index is 1.67. The number of carbonyl (C=O) groups is 1. The van der Waals surface area contributed by atoms with Gasteiger partial charge in [0.25, 0.3) is 0 Å². The second-order valence-corrected chi connectivity index (χ2v) is 9.48. The van der Waals surface area contributed by atoms with Gasteiger partial charge in [0.15, 0.2) is 0 Å². The summed E-state index contributed by atoms with van der Waals surface area (Å²) in [6, 6.07) is 12.9. The topological polar surface area (TPSA) is 87.5 Å². The third kappa shape index (κ3) is 4.39. The van der Waals surface area contributed by atoms with E-state index < -0.39 is 21.9 Å². The monoisotopic (exact) mass is 482 g/mol. The summed E-state index contributed by atoms with van der Waals surface area (Å²) >= 11 is 9.18. The first kappa shape index (κ1) is 20.8. The van der Waals surface area contributed by atoms with Crippen molar-refractivity contribution in [3.8, 4) is 11.8 Å². The predicted octanol–water partition coefficient (Wildman–Crippen LogP) is 3.98. The van der Waals surface area contributed by atoms with Crippen molar-refractivity contribution in [3.63, 3.8) is 0 Å². The number of rotatable bonds is 4. The smallest absolute Gasteiger partial charge is 0.314 e. The number of benzene rings is 2. The van der Waals surface area contributed by atoms with E-state index >= 15 is 0 Å². The maximum atomic E-state index is 12.9. The van der Waals surface area contributed by atoms with Crippen molar-refractivity contribution < 1.29 is 17.9 Å². The second-order valence-electron chi connectivity index (χ2n) is 6.28. The SMILES string of the molecule is N#Cc1ccccc1S(=O)(=O)N1CCC(C(=O)Oc2ccc(Cl)cc2Br)CC1. The minimum atomic E-state index is -3.79. The number of hydrogen-bond acceptors (Lipinski definition) is 5. The second kappa shape index (κ2) is 8.62. The lowest BCUT2D eigenvalue weighted by atomic mass is 9.98. The molecule has 0 saturated carbocycles. The molecule has 1 fully saturated rings. The molecule has 2 aromatic carbocycles. The van der Waals surface area contributed by atoms with Gasteiger partial charge >= 0.3 is 5.97 Å². The van der Waals surface area contributed by atoms with E-state index in [0.29, 0.717) is 28.1 Å². The maximum absolute atomic E-state index is 12.9. The Morgan fingerprint density at radius 1 is 1.21 bits per heavy atom. The van der Waals surface area contributed by atoms with Crippen LogP contribution in [0.15, 0.2) is 51.8 Å². The third-order valence-corrected chi connectivity index (χ3v) is 7.33. The first-order valence-electron chi connectivity index (χ1n) is 8.49. The van der Waals surface area contributed by atoms with Gasteiger partial charge in [-0.3, -0.25) is 4.79 Å². The predicted molar refractivity (Wildman–Crippen MR) is 107 cm³/mol. The Labute approximate surface area is 176 Å². The van der Waals surface area contributed by atoms with E-state index in [1.165, 1.54) is 16.4 Å². The highest BCUT2D eigenvalue weighted by Crippen LogP contribution is 2.31. The average Bonchev–Trinajstić information content (AvgIpc) is 2.70. The molecule has 1 aliphatic heterocycles. The molecule has 28 heavy (non-hydrogen) atoms. The van der Waals surface area contributed by atoms with Crippen molar-refractivity contribution in [2.24, 2.45) is 5.92 Å². The molecule has 0 atom stereocenters. The standard InChI is InChI=1S/C19H16BrClN2O4S/c20-16-11-15(21)5-6-17(16)27-19(24)13-7-9-23(10-8-13)28(25,26)18-4-2-1-3-14(18)12-22/h1-6,11,13H,7-10H2. The zero-order valence-corrected chi connectivity index (χ0v) is 17.8. The van der Waals surface area contributed by atoms with Crippen LogP contribution in [0.25, 0.3) is 0 Å². The largest absolute Gasteiger partial charge is 0.425 e. The number of nitrogens with zero attached hydrogens (tertiary/aromatic N) is 2. The molecule has 2 aromatic rings. The van der Waals surface area contributed by atoms with E-state index in [4.69, 9.17) is 21.6 Å². The van der Waals surface area contributed by atoms with Gasteiger partial charge in [0, 0.05) is 18.1 Å². The van der Waals surface area contributed by atoms with Crippen LogP contribution in [0.4, 0.5) is 0 Å². The van der Waals surface area contributed by atoms with Gasteiger partial charge in [-0.1, -0.05) is 23.7 Å². The molecule has 1 heterocycles. The summed E-state index contributed by atoms with van der Waals surface area (Å²) in [6.07, 6.45) is 0.690. The Morgan fingerprint density at radius 3 is 2.54 bits per heavy atom. The number of halogens is 2. The summed E-state index contributed by atoms with van der Waals surface area (Å²) in [6.45, 7) is 0.368. The van der Waals surface area contributed by atoms with E-state index in [0.717, 1.165) is 0 Å². The van der Waals surface area contributed by atoms with Gasteiger partial charge in [0.1, 0.15) is 11.8 Å². The lowest BCUT2D eigenvalue weighted by molar-refractivity contribution is -0.140. The Kier molecular flexibility index (Phi) is 6.40. The van der Waals surface area contributed by atoms with E-state index in [-0.39, 0.29) is 23.5 Å². The Hall–Kier alpha value is -1.92. The molecule has 146 valence electrons. The van der Waals surface area contributed by atoms with Gasteiger partial charge in [0.05, 0.1) is 20.8 Å². The van der Waals surface area contributed by atoms with Crippen molar-refractivity contribution in [2.45, 2.75) is 17.7 Å². The Bertz CT molecular complexity index is 1040. The zero-order chi connectivity index (χ0) is 20.3. The van der Waals surface area contributed by atoms with Gasteiger partial charge in [-0.15, -0.1) is 0 Å². The van der Waals surface area contributed by atoms with Crippen molar-refractivity contribution in [1.29, 1.82) is 5.26 Å². The lowest BCUT2D eigenvalue weighted by Crippen LogP contribution is -2.41. The molecule has 1 aliphatic rings. The van der Waals surface area contributed by atoms with Gasteiger partial charge in [-0.05, 0) is 59.1 Å². The molecule has 0 amide bonds. The molecular formula is C19H16BrClN2O4S. The van der Waals surface area contributed by atoms with Gasteiger partial charge in [-0.25, -0.2) is 8.42 Å². The number of carbonyl (C=O) groups excluding carboxylic acids is 1. The molecule has 0 aliphatic carbocycles. The number of esters is 1. The molecule has 0 radical (unpaired) electrons. The first-order chi connectivity index (χ1) is 13.3. The molecule has 1 saturated heterocycles. The number of piperidine rings is 1. The summed E-state index contributed by atoms with van der Waals surface area (Å²) in [5, 5.41) is 9.68. The first-order valence-corrected chi connectivity index (χ1v) is 11.1.